The van der Waals surface area contributed by atoms with E-state index in [0.717, 1.165) is 17.9 Å². The monoisotopic (exact) mass is 253 g/mol. The zero-order valence-corrected chi connectivity index (χ0v) is 10.7. The van der Waals surface area contributed by atoms with E-state index < -0.39 is 0 Å². The maximum Gasteiger partial charge on any atom is 0.137 e. The number of aryl methyl sites for hydroxylation is 1. The van der Waals surface area contributed by atoms with E-state index in [4.69, 9.17) is 11.6 Å². The smallest absolute Gasteiger partial charge is 0.137 e. The van der Waals surface area contributed by atoms with Crippen molar-refractivity contribution in [3.63, 3.8) is 0 Å². The molecule has 0 radical (unpaired) electrons. The van der Waals surface area contributed by atoms with Gasteiger partial charge in [-0.15, -0.1) is 11.3 Å². The molecular formula is C11H12ClN3S. The number of thiophene rings is 1. The van der Waals surface area contributed by atoms with Crippen LogP contribution in [0.25, 0.3) is 0 Å². The van der Waals surface area contributed by atoms with Crippen molar-refractivity contribution in [3.05, 3.63) is 38.9 Å². The van der Waals surface area contributed by atoms with Crippen molar-refractivity contribution in [1.29, 1.82) is 0 Å². The molecule has 84 valence electrons. The normalized spacial score (nSPS) is 10.4. The second kappa shape index (κ2) is 4.80. The molecule has 2 heterocycles. The Morgan fingerprint density at radius 1 is 1.38 bits per heavy atom. The summed E-state index contributed by atoms with van der Waals surface area (Å²) in [6.45, 7) is 4.52. The molecule has 1 N–H and O–H groups in total. The molecule has 0 bridgehead atoms. The van der Waals surface area contributed by atoms with Crippen molar-refractivity contribution in [2.75, 3.05) is 5.32 Å². The summed E-state index contributed by atoms with van der Waals surface area (Å²) in [6.07, 6.45) is 0. The average molecular weight is 254 g/mol. The van der Waals surface area contributed by atoms with Gasteiger partial charge in [-0.25, -0.2) is 9.97 Å². The highest BCUT2D eigenvalue weighted by molar-refractivity contribution is 7.09. The second-order valence-electron chi connectivity index (χ2n) is 3.47. The Balaban J connectivity index is 2.15. The van der Waals surface area contributed by atoms with Crippen molar-refractivity contribution >= 4 is 28.8 Å². The predicted molar refractivity (Wildman–Crippen MR) is 68.2 cm³/mol. The van der Waals surface area contributed by atoms with E-state index in [0.29, 0.717) is 11.0 Å². The Morgan fingerprint density at radius 2 is 2.19 bits per heavy atom. The number of aromatic nitrogens is 2. The average Bonchev–Trinajstić information content (AvgIpc) is 2.74. The fourth-order valence-corrected chi connectivity index (χ4v) is 2.21. The summed E-state index contributed by atoms with van der Waals surface area (Å²) < 4.78 is 0. The predicted octanol–water partition coefficient (Wildman–Crippen LogP) is 3.42. The highest BCUT2D eigenvalue weighted by Crippen LogP contribution is 2.20. The summed E-state index contributed by atoms with van der Waals surface area (Å²) in [5.74, 6) is 1.50. The highest BCUT2D eigenvalue weighted by Gasteiger charge is 2.06. The third-order valence-corrected chi connectivity index (χ3v) is 3.45. The van der Waals surface area contributed by atoms with Gasteiger partial charge in [0.05, 0.1) is 6.54 Å². The van der Waals surface area contributed by atoms with Crippen LogP contribution < -0.4 is 5.32 Å². The summed E-state index contributed by atoms with van der Waals surface area (Å²) >= 11 is 7.71. The number of nitrogens with one attached hydrogen (secondary N) is 1. The number of halogens is 1. The molecule has 2 aromatic heterocycles. The van der Waals surface area contributed by atoms with Crippen molar-refractivity contribution in [2.24, 2.45) is 0 Å². The Morgan fingerprint density at radius 3 is 2.88 bits per heavy atom. The van der Waals surface area contributed by atoms with Gasteiger partial charge in [0.25, 0.3) is 0 Å². The maximum absolute atomic E-state index is 5.99. The molecule has 0 spiro atoms. The van der Waals surface area contributed by atoms with Gasteiger partial charge in [-0.2, -0.15) is 0 Å². The molecule has 0 aliphatic rings. The number of hydrogen-bond acceptors (Lipinski definition) is 4. The molecule has 0 unspecified atom stereocenters. The molecule has 0 aliphatic heterocycles. The molecule has 0 saturated heterocycles. The molecular weight excluding hydrogens is 242 g/mol. The van der Waals surface area contributed by atoms with Gasteiger partial charge in [0, 0.05) is 10.4 Å². The van der Waals surface area contributed by atoms with E-state index in [1.54, 1.807) is 11.3 Å². The van der Waals surface area contributed by atoms with Crippen LogP contribution in [0.4, 0.5) is 5.82 Å². The van der Waals surface area contributed by atoms with Crippen LogP contribution >= 0.6 is 22.9 Å². The van der Waals surface area contributed by atoms with Crippen molar-refractivity contribution in [2.45, 2.75) is 20.4 Å². The molecule has 0 amide bonds. The van der Waals surface area contributed by atoms with Gasteiger partial charge in [0.15, 0.2) is 0 Å². The van der Waals surface area contributed by atoms with E-state index in [1.165, 1.54) is 4.88 Å². The summed E-state index contributed by atoms with van der Waals surface area (Å²) in [7, 11) is 0. The summed E-state index contributed by atoms with van der Waals surface area (Å²) in [5.41, 5.74) is 0.892. The van der Waals surface area contributed by atoms with Crippen LogP contribution in [0.15, 0.2) is 17.5 Å². The standard InChI is InChI=1S/C11H12ClN3S/c1-7-10(12)14-8(2)15-11(7)13-6-9-4-3-5-16-9/h3-5H,6H2,1-2H3,(H,13,14,15). The molecule has 0 atom stereocenters. The Labute approximate surface area is 104 Å². The molecule has 2 aromatic rings. The topological polar surface area (TPSA) is 37.8 Å². The van der Waals surface area contributed by atoms with Crippen LogP contribution in [-0.2, 0) is 6.54 Å². The number of hydrogen-bond donors (Lipinski definition) is 1. The Bertz CT molecular complexity index is 482. The minimum Gasteiger partial charge on any atom is -0.365 e. The first-order valence-corrected chi connectivity index (χ1v) is 6.19. The highest BCUT2D eigenvalue weighted by atomic mass is 35.5. The molecule has 0 aromatic carbocycles. The first-order valence-electron chi connectivity index (χ1n) is 4.94. The Hall–Kier alpha value is -1.13. The molecule has 16 heavy (non-hydrogen) atoms. The van der Waals surface area contributed by atoms with Crippen molar-refractivity contribution < 1.29 is 0 Å². The number of anilines is 1. The lowest BCUT2D eigenvalue weighted by atomic mass is 10.3. The summed E-state index contributed by atoms with van der Waals surface area (Å²) in [6, 6.07) is 4.12. The van der Waals surface area contributed by atoms with Gasteiger partial charge in [-0.3, -0.25) is 0 Å². The van der Waals surface area contributed by atoms with E-state index in [9.17, 15) is 0 Å². The van der Waals surface area contributed by atoms with Gasteiger partial charge in [0.1, 0.15) is 16.8 Å². The van der Waals surface area contributed by atoms with E-state index in [1.807, 2.05) is 19.9 Å². The molecule has 0 fully saturated rings. The Kier molecular flexibility index (Phi) is 3.41. The van der Waals surface area contributed by atoms with Crippen molar-refractivity contribution in [3.8, 4) is 0 Å². The third-order valence-electron chi connectivity index (χ3n) is 2.21. The van der Waals surface area contributed by atoms with Gasteiger partial charge in [0.2, 0.25) is 0 Å². The summed E-state index contributed by atoms with van der Waals surface area (Å²) in [5, 5.41) is 5.84. The minimum atomic E-state index is 0.515. The van der Waals surface area contributed by atoms with Crippen LogP contribution in [0.3, 0.4) is 0 Å². The van der Waals surface area contributed by atoms with Crippen LogP contribution in [0.2, 0.25) is 5.15 Å². The minimum absolute atomic E-state index is 0.515. The fourth-order valence-electron chi connectivity index (χ4n) is 1.35. The first kappa shape index (κ1) is 11.4. The van der Waals surface area contributed by atoms with Crippen LogP contribution in [0.1, 0.15) is 16.3 Å². The van der Waals surface area contributed by atoms with Crippen molar-refractivity contribution in [1.82, 2.24) is 9.97 Å². The van der Waals surface area contributed by atoms with Gasteiger partial charge < -0.3 is 5.32 Å². The molecule has 2 rings (SSSR count). The zero-order valence-electron chi connectivity index (χ0n) is 9.12. The van der Waals surface area contributed by atoms with E-state index >= 15 is 0 Å². The van der Waals surface area contributed by atoms with Crippen LogP contribution in [-0.4, -0.2) is 9.97 Å². The summed E-state index contributed by atoms with van der Waals surface area (Å²) in [4.78, 5) is 9.70. The molecule has 3 nitrogen and oxygen atoms in total. The van der Waals surface area contributed by atoms with Gasteiger partial charge in [-0.1, -0.05) is 17.7 Å². The third kappa shape index (κ3) is 2.51. The second-order valence-corrected chi connectivity index (χ2v) is 4.86. The number of rotatable bonds is 3. The van der Waals surface area contributed by atoms with Gasteiger partial charge >= 0.3 is 0 Å². The van der Waals surface area contributed by atoms with Gasteiger partial charge in [-0.05, 0) is 25.3 Å². The lowest BCUT2D eigenvalue weighted by Gasteiger charge is -2.09. The molecule has 5 heteroatoms. The maximum atomic E-state index is 5.99. The van der Waals surface area contributed by atoms with E-state index in [-0.39, 0.29) is 0 Å². The van der Waals surface area contributed by atoms with Crippen LogP contribution in [0, 0.1) is 13.8 Å². The largest absolute Gasteiger partial charge is 0.365 e. The lowest BCUT2D eigenvalue weighted by molar-refractivity contribution is 1.01. The SMILES string of the molecule is Cc1nc(Cl)c(C)c(NCc2cccs2)n1. The number of nitrogens with zero attached hydrogens (tertiary/aromatic N) is 2. The first-order chi connectivity index (χ1) is 7.66. The molecule has 0 saturated carbocycles. The van der Waals surface area contributed by atoms with Crippen LogP contribution in [0.5, 0.6) is 0 Å². The lowest BCUT2D eigenvalue weighted by Crippen LogP contribution is -2.04. The fraction of sp³-hybridized carbons (Fsp3) is 0.273. The molecule has 0 aliphatic carbocycles. The quantitative estimate of drug-likeness (QED) is 0.852. The van der Waals surface area contributed by atoms with E-state index in [2.05, 4.69) is 26.7 Å². The zero-order chi connectivity index (χ0) is 11.5.